The summed E-state index contributed by atoms with van der Waals surface area (Å²) in [5.41, 5.74) is 3.37. The standard InChI is InChI=1S/C12H19ClN2O/c1-4-12(2,16-3)11(15-14)9-7-5-6-8-10(9)13/h5-8,11,15H,4,14H2,1-3H3. The number of nitrogens with two attached hydrogens (primary N) is 1. The molecule has 0 aliphatic carbocycles. The monoisotopic (exact) mass is 242 g/mol. The molecule has 3 nitrogen and oxygen atoms in total. The Bertz CT molecular complexity index is 340. The summed E-state index contributed by atoms with van der Waals surface area (Å²) in [4.78, 5) is 0. The zero-order valence-corrected chi connectivity index (χ0v) is 10.7. The summed E-state index contributed by atoms with van der Waals surface area (Å²) in [6.07, 6.45) is 0.837. The van der Waals surface area contributed by atoms with Gasteiger partial charge in [-0.2, -0.15) is 0 Å². The van der Waals surface area contributed by atoms with Crippen LogP contribution in [0.25, 0.3) is 0 Å². The summed E-state index contributed by atoms with van der Waals surface area (Å²) >= 11 is 6.17. The molecule has 0 heterocycles. The van der Waals surface area contributed by atoms with E-state index in [9.17, 15) is 0 Å². The van der Waals surface area contributed by atoms with E-state index in [1.165, 1.54) is 0 Å². The van der Waals surface area contributed by atoms with E-state index >= 15 is 0 Å². The van der Waals surface area contributed by atoms with E-state index in [0.29, 0.717) is 5.02 Å². The fraction of sp³-hybridized carbons (Fsp3) is 0.500. The van der Waals surface area contributed by atoms with E-state index in [1.54, 1.807) is 7.11 Å². The quantitative estimate of drug-likeness (QED) is 0.617. The summed E-state index contributed by atoms with van der Waals surface area (Å²) in [7, 11) is 1.69. The van der Waals surface area contributed by atoms with Crippen molar-refractivity contribution in [3.05, 3.63) is 34.9 Å². The minimum absolute atomic E-state index is 0.129. The van der Waals surface area contributed by atoms with Gasteiger partial charge in [0.25, 0.3) is 0 Å². The zero-order valence-electron chi connectivity index (χ0n) is 9.96. The van der Waals surface area contributed by atoms with E-state index in [4.69, 9.17) is 22.2 Å². The van der Waals surface area contributed by atoms with Crippen molar-refractivity contribution in [3.8, 4) is 0 Å². The van der Waals surface area contributed by atoms with Gasteiger partial charge in [0.2, 0.25) is 0 Å². The molecule has 0 spiro atoms. The maximum atomic E-state index is 6.17. The Hall–Kier alpha value is -0.610. The maximum absolute atomic E-state index is 6.17. The Balaban J connectivity index is 3.12. The van der Waals surface area contributed by atoms with Crippen LogP contribution in [0.5, 0.6) is 0 Å². The second-order valence-electron chi connectivity index (χ2n) is 3.99. The van der Waals surface area contributed by atoms with E-state index in [-0.39, 0.29) is 11.6 Å². The molecule has 1 aromatic rings. The third-order valence-electron chi connectivity index (χ3n) is 3.16. The predicted octanol–water partition coefficient (Wildman–Crippen LogP) is 2.66. The molecule has 2 atom stereocenters. The van der Waals surface area contributed by atoms with Crippen molar-refractivity contribution in [3.63, 3.8) is 0 Å². The van der Waals surface area contributed by atoms with E-state index < -0.39 is 0 Å². The second kappa shape index (κ2) is 5.64. The fourth-order valence-electron chi connectivity index (χ4n) is 1.77. The van der Waals surface area contributed by atoms with E-state index in [1.807, 2.05) is 31.2 Å². The van der Waals surface area contributed by atoms with Gasteiger partial charge in [0, 0.05) is 12.1 Å². The number of benzene rings is 1. The zero-order chi connectivity index (χ0) is 12.2. The minimum Gasteiger partial charge on any atom is -0.376 e. The van der Waals surface area contributed by atoms with Crippen molar-refractivity contribution in [1.82, 2.24) is 5.43 Å². The molecule has 3 N–H and O–H groups in total. The molecule has 4 heteroatoms. The van der Waals surface area contributed by atoms with Gasteiger partial charge in [-0.1, -0.05) is 36.7 Å². The Morgan fingerprint density at radius 1 is 1.50 bits per heavy atom. The molecule has 0 fully saturated rings. The number of rotatable bonds is 5. The van der Waals surface area contributed by atoms with Gasteiger partial charge in [0.05, 0.1) is 11.6 Å². The van der Waals surface area contributed by atoms with Crippen molar-refractivity contribution in [1.29, 1.82) is 0 Å². The Labute approximate surface area is 102 Å². The van der Waals surface area contributed by atoms with Gasteiger partial charge in [-0.05, 0) is 25.0 Å². The van der Waals surface area contributed by atoms with Gasteiger partial charge in [-0.3, -0.25) is 11.3 Å². The van der Waals surface area contributed by atoms with Gasteiger partial charge in [-0.25, -0.2) is 0 Å². The predicted molar refractivity (Wildman–Crippen MR) is 67.2 cm³/mol. The van der Waals surface area contributed by atoms with Crippen molar-refractivity contribution < 1.29 is 4.74 Å². The van der Waals surface area contributed by atoms with Crippen LogP contribution in [0, 0.1) is 0 Å². The number of nitrogens with one attached hydrogen (secondary N) is 1. The van der Waals surface area contributed by atoms with Crippen LogP contribution in [0.3, 0.4) is 0 Å². The highest BCUT2D eigenvalue weighted by molar-refractivity contribution is 6.31. The van der Waals surface area contributed by atoms with E-state index in [2.05, 4.69) is 12.3 Å². The molecule has 0 radical (unpaired) electrons. The first-order chi connectivity index (χ1) is 7.59. The maximum Gasteiger partial charge on any atom is 0.0855 e. The minimum atomic E-state index is -0.375. The number of ether oxygens (including phenoxy) is 1. The molecule has 0 bridgehead atoms. The van der Waals surface area contributed by atoms with Crippen LogP contribution in [0.4, 0.5) is 0 Å². The highest BCUT2D eigenvalue weighted by Gasteiger charge is 2.34. The topological polar surface area (TPSA) is 47.3 Å². The summed E-state index contributed by atoms with van der Waals surface area (Å²) in [6, 6.07) is 7.52. The highest BCUT2D eigenvalue weighted by atomic mass is 35.5. The van der Waals surface area contributed by atoms with Crippen LogP contribution >= 0.6 is 11.6 Å². The molecule has 90 valence electrons. The molecule has 0 amide bonds. The van der Waals surface area contributed by atoms with Crippen LogP contribution in [0.15, 0.2) is 24.3 Å². The smallest absolute Gasteiger partial charge is 0.0855 e. The number of hydrazine groups is 1. The molecule has 0 aliphatic rings. The number of hydrogen-bond donors (Lipinski definition) is 2. The Morgan fingerprint density at radius 3 is 2.56 bits per heavy atom. The molecule has 1 rings (SSSR count). The lowest BCUT2D eigenvalue weighted by Gasteiger charge is -2.36. The van der Waals surface area contributed by atoms with Crippen LogP contribution in [-0.2, 0) is 4.74 Å². The van der Waals surface area contributed by atoms with Gasteiger partial charge < -0.3 is 4.74 Å². The summed E-state index contributed by atoms with van der Waals surface area (Å²) in [6.45, 7) is 4.07. The third kappa shape index (κ3) is 2.55. The van der Waals surface area contributed by atoms with Gasteiger partial charge >= 0.3 is 0 Å². The summed E-state index contributed by atoms with van der Waals surface area (Å²) < 4.78 is 5.55. The average Bonchev–Trinajstić information content (AvgIpc) is 2.32. The molecule has 0 saturated heterocycles. The molecular weight excluding hydrogens is 224 g/mol. The SMILES string of the molecule is CCC(C)(OC)C(NN)c1ccccc1Cl. The normalized spacial score (nSPS) is 16.8. The lowest BCUT2D eigenvalue weighted by molar-refractivity contribution is -0.0300. The first-order valence-electron chi connectivity index (χ1n) is 5.34. The molecule has 16 heavy (non-hydrogen) atoms. The van der Waals surface area contributed by atoms with Gasteiger partial charge in [0.1, 0.15) is 0 Å². The lowest BCUT2D eigenvalue weighted by atomic mass is 9.88. The largest absolute Gasteiger partial charge is 0.376 e. The molecular formula is C12H19ClN2O. The van der Waals surface area contributed by atoms with Gasteiger partial charge in [-0.15, -0.1) is 0 Å². The molecule has 1 aromatic carbocycles. The van der Waals surface area contributed by atoms with Crippen LogP contribution in [-0.4, -0.2) is 12.7 Å². The highest BCUT2D eigenvalue weighted by Crippen LogP contribution is 2.34. The van der Waals surface area contributed by atoms with Crippen molar-refractivity contribution in [2.75, 3.05) is 7.11 Å². The Morgan fingerprint density at radius 2 is 2.12 bits per heavy atom. The molecule has 0 aromatic heterocycles. The second-order valence-corrected chi connectivity index (χ2v) is 4.40. The van der Waals surface area contributed by atoms with Crippen LogP contribution in [0.2, 0.25) is 5.02 Å². The summed E-state index contributed by atoms with van der Waals surface area (Å²) in [5, 5.41) is 0.696. The van der Waals surface area contributed by atoms with Crippen LogP contribution < -0.4 is 11.3 Å². The fourth-order valence-corrected chi connectivity index (χ4v) is 2.02. The number of hydrogen-bond acceptors (Lipinski definition) is 3. The van der Waals surface area contributed by atoms with Crippen LogP contribution in [0.1, 0.15) is 31.9 Å². The summed E-state index contributed by atoms with van der Waals surface area (Å²) in [5.74, 6) is 5.62. The first-order valence-corrected chi connectivity index (χ1v) is 5.72. The van der Waals surface area contributed by atoms with Crippen molar-refractivity contribution in [2.45, 2.75) is 31.9 Å². The lowest BCUT2D eigenvalue weighted by Crippen LogP contribution is -2.45. The van der Waals surface area contributed by atoms with Gasteiger partial charge in [0.15, 0.2) is 0 Å². The molecule has 2 unspecified atom stereocenters. The van der Waals surface area contributed by atoms with Crippen molar-refractivity contribution >= 4 is 11.6 Å². The van der Waals surface area contributed by atoms with E-state index in [0.717, 1.165) is 12.0 Å². The number of halogens is 1. The van der Waals surface area contributed by atoms with Crippen molar-refractivity contribution in [2.24, 2.45) is 5.84 Å². The average molecular weight is 243 g/mol. The Kier molecular flexibility index (Phi) is 4.74. The third-order valence-corrected chi connectivity index (χ3v) is 3.51. The molecule has 0 aliphatic heterocycles. The first kappa shape index (κ1) is 13.5. The number of methoxy groups -OCH3 is 1. The molecule has 0 saturated carbocycles.